The maximum absolute atomic E-state index is 11.8. The van der Waals surface area contributed by atoms with Crippen molar-refractivity contribution in [2.24, 2.45) is 0 Å². The van der Waals surface area contributed by atoms with Gasteiger partial charge in [-0.05, 0) is 20.8 Å². The monoisotopic (exact) mass is 251 g/mol. The Hall–Kier alpha value is -1.40. The molecular weight excluding hydrogens is 230 g/mol. The lowest BCUT2D eigenvalue weighted by atomic mass is 10.0. The van der Waals surface area contributed by atoms with Crippen molar-refractivity contribution < 1.29 is 0 Å². The van der Waals surface area contributed by atoms with E-state index in [1.165, 1.54) is 0 Å². The summed E-state index contributed by atoms with van der Waals surface area (Å²) in [6.45, 7) is 9.58. The van der Waals surface area contributed by atoms with Crippen LogP contribution in [0.3, 0.4) is 0 Å². The van der Waals surface area contributed by atoms with Crippen molar-refractivity contribution in [2.45, 2.75) is 26.3 Å². The predicted molar refractivity (Wildman–Crippen MR) is 71.5 cm³/mol. The summed E-state index contributed by atoms with van der Waals surface area (Å²) in [5.41, 5.74) is 5.80. The molecule has 6 heteroatoms. The first kappa shape index (κ1) is 13.0. The van der Waals surface area contributed by atoms with Crippen molar-refractivity contribution in [1.82, 2.24) is 20.2 Å². The van der Waals surface area contributed by atoms with E-state index >= 15 is 0 Å². The lowest BCUT2D eigenvalue weighted by Crippen LogP contribution is -2.52. The van der Waals surface area contributed by atoms with Crippen LogP contribution >= 0.6 is 0 Å². The van der Waals surface area contributed by atoms with Crippen LogP contribution < -0.4 is 16.6 Å². The minimum Gasteiger partial charge on any atom is -0.383 e. The van der Waals surface area contributed by atoms with Gasteiger partial charge < -0.3 is 16.0 Å². The van der Waals surface area contributed by atoms with Crippen LogP contribution in [0.5, 0.6) is 0 Å². The third-order valence-electron chi connectivity index (χ3n) is 3.68. The van der Waals surface area contributed by atoms with Crippen molar-refractivity contribution in [3.8, 4) is 0 Å². The second-order valence-electron chi connectivity index (χ2n) is 5.22. The van der Waals surface area contributed by atoms with Crippen LogP contribution in [0.25, 0.3) is 0 Å². The Bertz CT molecular complexity index is 488. The Kier molecular flexibility index (Phi) is 3.41. The molecule has 6 nitrogen and oxygen atoms in total. The molecule has 1 aliphatic rings. The topological polar surface area (TPSA) is 87.0 Å². The number of nitrogens with two attached hydrogens (primary N) is 1. The molecule has 1 aromatic heterocycles. The van der Waals surface area contributed by atoms with E-state index in [0.717, 1.165) is 26.2 Å². The highest BCUT2D eigenvalue weighted by Gasteiger charge is 2.32. The molecule has 0 radical (unpaired) electrons. The summed E-state index contributed by atoms with van der Waals surface area (Å²) in [6.07, 6.45) is 0. The van der Waals surface area contributed by atoms with Gasteiger partial charge in [-0.1, -0.05) is 0 Å². The second kappa shape index (κ2) is 4.70. The number of H-pyrrole nitrogens is 1. The van der Waals surface area contributed by atoms with Crippen molar-refractivity contribution in [1.29, 1.82) is 0 Å². The summed E-state index contributed by atoms with van der Waals surface area (Å²) >= 11 is 0. The average Bonchev–Trinajstić information content (AvgIpc) is 2.36. The van der Waals surface area contributed by atoms with Gasteiger partial charge in [0.15, 0.2) is 0 Å². The molecule has 0 aromatic carbocycles. The number of nitrogen functional groups attached to an aromatic ring is 1. The van der Waals surface area contributed by atoms with Gasteiger partial charge in [0, 0.05) is 26.2 Å². The molecule has 1 fully saturated rings. The Morgan fingerprint density at radius 3 is 2.50 bits per heavy atom. The molecule has 100 valence electrons. The highest BCUT2D eigenvalue weighted by Crippen LogP contribution is 2.25. The van der Waals surface area contributed by atoms with Gasteiger partial charge in [-0.2, -0.15) is 0 Å². The third-order valence-corrected chi connectivity index (χ3v) is 3.68. The summed E-state index contributed by atoms with van der Waals surface area (Å²) in [5, 5.41) is 3.31. The molecule has 0 amide bonds. The molecule has 1 aliphatic heterocycles. The summed E-state index contributed by atoms with van der Waals surface area (Å²) in [4.78, 5) is 21.3. The van der Waals surface area contributed by atoms with Gasteiger partial charge in [0.25, 0.3) is 5.56 Å². The Morgan fingerprint density at radius 2 is 1.94 bits per heavy atom. The van der Waals surface area contributed by atoms with Crippen molar-refractivity contribution in [2.75, 3.05) is 31.9 Å². The van der Waals surface area contributed by atoms with Gasteiger partial charge in [-0.3, -0.25) is 9.69 Å². The quantitative estimate of drug-likeness (QED) is 0.677. The van der Waals surface area contributed by atoms with E-state index in [0.29, 0.717) is 17.2 Å². The van der Waals surface area contributed by atoms with E-state index in [9.17, 15) is 4.79 Å². The third kappa shape index (κ3) is 2.26. The van der Waals surface area contributed by atoms with Gasteiger partial charge in [0.1, 0.15) is 11.6 Å². The van der Waals surface area contributed by atoms with Gasteiger partial charge in [0.05, 0.1) is 11.1 Å². The zero-order valence-electron chi connectivity index (χ0n) is 11.2. The maximum Gasteiger partial charge on any atom is 0.255 e. The number of hydrogen-bond donors (Lipinski definition) is 3. The number of hydrogen-bond acceptors (Lipinski definition) is 5. The van der Waals surface area contributed by atoms with E-state index in [4.69, 9.17) is 5.73 Å². The average molecular weight is 251 g/mol. The Labute approximate surface area is 107 Å². The van der Waals surface area contributed by atoms with Gasteiger partial charge in [0.2, 0.25) is 0 Å². The zero-order valence-corrected chi connectivity index (χ0v) is 11.2. The Morgan fingerprint density at radius 1 is 1.33 bits per heavy atom. The van der Waals surface area contributed by atoms with E-state index in [1.54, 1.807) is 6.92 Å². The SMILES string of the molecule is Cc1c(N)nc(C(C)(C)N2CCNCC2)[nH]c1=O. The van der Waals surface area contributed by atoms with Crippen LogP contribution in [-0.4, -0.2) is 41.0 Å². The van der Waals surface area contributed by atoms with Crippen LogP contribution in [0.4, 0.5) is 5.82 Å². The van der Waals surface area contributed by atoms with Gasteiger partial charge in [-0.25, -0.2) is 4.98 Å². The Balaban J connectivity index is 2.37. The molecular formula is C12H21N5O. The fourth-order valence-corrected chi connectivity index (χ4v) is 2.21. The lowest BCUT2D eigenvalue weighted by molar-refractivity contribution is 0.0947. The number of nitrogens with one attached hydrogen (secondary N) is 2. The standard InChI is InChI=1S/C12H21N5O/c1-8-9(13)15-11(16-10(8)18)12(2,3)17-6-4-14-5-7-17/h14H,4-7H2,1-3H3,(H3,13,15,16,18). The molecule has 4 N–H and O–H groups in total. The number of piperazine rings is 1. The molecule has 0 bridgehead atoms. The van der Waals surface area contributed by atoms with E-state index < -0.39 is 0 Å². The molecule has 18 heavy (non-hydrogen) atoms. The summed E-state index contributed by atoms with van der Waals surface area (Å²) in [5.74, 6) is 0.953. The lowest BCUT2D eigenvalue weighted by Gasteiger charge is -2.40. The first-order chi connectivity index (χ1) is 8.43. The predicted octanol–water partition coefficient (Wildman–Crippen LogP) is -0.199. The molecule has 0 aliphatic carbocycles. The number of anilines is 1. The fourth-order valence-electron chi connectivity index (χ4n) is 2.21. The van der Waals surface area contributed by atoms with E-state index in [2.05, 4.69) is 34.0 Å². The first-order valence-electron chi connectivity index (χ1n) is 6.25. The summed E-state index contributed by atoms with van der Waals surface area (Å²) in [6, 6.07) is 0. The second-order valence-corrected chi connectivity index (χ2v) is 5.22. The van der Waals surface area contributed by atoms with Crippen molar-refractivity contribution in [3.63, 3.8) is 0 Å². The summed E-state index contributed by atoms with van der Waals surface area (Å²) in [7, 11) is 0. The molecule has 1 saturated heterocycles. The molecule has 1 aromatic rings. The molecule has 0 unspecified atom stereocenters. The maximum atomic E-state index is 11.8. The van der Waals surface area contributed by atoms with Crippen molar-refractivity contribution >= 4 is 5.82 Å². The van der Waals surface area contributed by atoms with Gasteiger partial charge in [-0.15, -0.1) is 0 Å². The first-order valence-corrected chi connectivity index (χ1v) is 6.25. The molecule has 0 saturated carbocycles. The normalized spacial score (nSPS) is 17.9. The number of aromatic amines is 1. The van der Waals surface area contributed by atoms with Crippen LogP contribution in [0.2, 0.25) is 0 Å². The minimum atomic E-state index is -0.316. The largest absolute Gasteiger partial charge is 0.383 e. The number of aromatic nitrogens is 2. The summed E-state index contributed by atoms with van der Waals surface area (Å²) < 4.78 is 0. The van der Waals surface area contributed by atoms with Gasteiger partial charge >= 0.3 is 0 Å². The van der Waals surface area contributed by atoms with E-state index in [1.807, 2.05) is 0 Å². The van der Waals surface area contributed by atoms with Crippen LogP contribution in [0.1, 0.15) is 25.2 Å². The fraction of sp³-hybridized carbons (Fsp3) is 0.667. The number of nitrogens with zero attached hydrogens (tertiary/aromatic N) is 2. The molecule has 2 heterocycles. The van der Waals surface area contributed by atoms with Crippen LogP contribution in [0.15, 0.2) is 4.79 Å². The van der Waals surface area contributed by atoms with E-state index in [-0.39, 0.29) is 11.1 Å². The minimum absolute atomic E-state index is 0.152. The van der Waals surface area contributed by atoms with Crippen LogP contribution in [-0.2, 0) is 5.54 Å². The highest BCUT2D eigenvalue weighted by atomic mass is 16.1. The smallest absolute Gasteiger partial charge is 0.255 e. The molecule has 2 rings (SSSR count). The zero-order chi connectivity index (χ0) is 13.3. The highest BCUT2D eigenvalue weighted by molar-refractivity contribution is 5.36. The van der Waals surface area contributed by atoms with Crippen molar-refractivity contribution in [3.05, 3.63) is 21.7 Å². The molecule has 0 atom stereocenters. The van der Waals surface area contributed by atoms with Crippen LogP contribution in [0, 0.1) is 6.92 Å². The molecule has 0 spiro atoms. The number of rotatable bonds is 2.